The van der Waals surface area contributed by atoms with Crippen molar-refractivity contribution in [3.63, 3.8) is 0 Å². The van der Waals surface area contributed by atoms with Crippen molar-refractivity contribution in [2.45, 2.75) is 12.5 Å². The fourth-order valence-corrected chi connectivity index (χ4v) is 4.71. The first-order valence-corrected chi connectivity index (χ1v) is 11.6. The van der Waals surface area contributed by atoms with Gasteiger partial charge in [-0.15, -0.1) is 0 Å². The van der Waals surface area contributed by atoms with Gasteiger partial charge in [0.15, 0.2) is 0 Å². The summed E-state index contributed by atoms with van der Waals surface area (Å²) in [4.78, 5) is 16.9. The normalized spacial score (nSPS) is 15.9. The van der Waals surface area contributed by atoms with Gasteiger partial charge in [-0.2, -0.15) is 0 Å². The summed E-state index contributed by atoms with van der Waals surface area (Å²) >= 11 is 6.48. The number of H-pyrrole nitrogens is 1. The van der Waals surface area contributed by atoms with Crippen LogP contribution in [0, 0.1) is 0 Å². The number of likely N-dealkylation sites (N-methyl/N-ethyl adjacent to an activating group) is 1. The van der Waals surface area contributed by atoms with Crippen LogP contribution < -0.4 is 20.7 Å². The summed E-state index contributed by atoms with van der Waals surface area (Å²) in [7, 11) is 5.87. The van der Waals surface area contributed by atoms with Crippen molar-refractivity contribution in [2.75, 3.05) is 50.2 Å². The lowest BCUT2D eigenvalue weighted by Gasteiger charge is -2.24. The molecule has 0 aliphatic carbocycles. The number of nitrogens with two attached hydrogens (primary N) is 1. The van der Waals surface area contributed by atoms with E-state index in [2.05, 4.69) is 39.2 Å². The van der Waals surface area contributed by atoms with Crippen molar-refractivity contribution < 1.29 is 4.74 Å². The number of benzene rings is 2. The van der Waals surface area contributed by atoms with E-state index in [4.69, 9.17) is 27.1 Å². The Labute approximate surface area is 203 Å². The highest BCUT2D eigenvalue weighted by atomic mass is 35.5. The molecule has 176 valence electrons. The number of fused-ring (bicyclic) bond motifs is 1. The summed E-state index contributed by atoms with van der Waals surface area (Å²) in [5.74, 6) is 1.08. The molecule has 0 radical (unpaired) electrons. The molecule has 1 saturated heterocycles. The van der Waals surface area contributed by atoms with Crippen LogP contribution in [0.5, 0.6) is 5.75 Å². The fourth-order valence-electron chi connectivity index (χ4n) is 4.51. The molecule has 2 aromatic carbocycles. The van der Waals surface area contributed by atoms with E-state index < -0.39 is 0 Å². The van der Waals surface area contributed by atoms with E-state index in [-0.39, 0.29) is 0 Å². The number of nitrogens with one attached hydrogen (secondary N) is 2. The Balaban J connectivity index is 1.46. The maximum absolute atomic E-state index is 6.48. The number of hydrogen-bond donors (Lipinski definition) is 3. The number of nitrogen functional groups attached to an aromatic ring is 1. The summed E-state index contributed by atoms with van der Waals surface area (Å²) < 4.78 is 5.69. The molecule has 1 fully saturated rings. The van der Waals surface area contributed by atoms with Crippen molar-refractivity contribution in [1.29, 1.82) is 0 Å². The van der Waals surface area contributed by atoms with Gasteiger partial charge in [-0.25, -0.2) is 9.97 Å². The second kappa shape index (κ2) is 9.04. The topological polar surface area (TPSA) is 95.3 Å². The van der Waals surface area contributed by atoms with Crippen LogP contribution in [0.1, 0.15) is 6.42 Å². The van der Waals surface area contributed by atoms with Gasteiger partial charge in [0.1, 0.15) is 5.75 Å². The van der Waals surface area contributed by atoms with Gasteiger partial charge in [0.05, 0.1) is 41.1 Å². The maximum Gasteiger partial charge on any atom is 0.227 e. The molecule has 34 heavy (non-hydrogen) atoms. The molecule has 3 heterocycles. The molecule has 5 rings (SSSR count). The molecule has 0 spiro atoms. The van der Waals surface area contributed by atoms with Crippen LogP contribution in [0.25, 0.3) is 22.2 Å². The summed E-state index contributed by atoms with van der Waals surface area (Å²) in [6, 6.07) is 12.4. The minimum absolute atomic E-state index is 0.406. The van der Waals surface area contributed by atoms with Gasteiger partial charge in [-0.3, -0.25) is 0 Å². The number of ether oxygens (including phenoxy) is 1. The standard InChI is InChI=1S/C25H28ClN7O/c1-32(2)15-8-9-33(14-15)22-11-23(34-3)21(10-19(22)27)30-25-29-13-18(26)24(31-25)17-12-28-20-7-5-4-6-16(17)20/h4-7,10-13,15,28H,8-9,14,27H2,1-3H3,(H,29,30,31)/t15-/m1/s1. The van der Waals surface area contributed by atoms with Gasteiger partial charge < -0.3 is 30.6 Å². The molecule has 1 atom stereocenters. The van der Waals surface area contributed by atoms with E-state index in [1.54, 1.807) is 13.3 Å². The highest BCUT2D eigenvalue weighted by molar-refractivity contribution is 6.33. The van der Waals surface area contributed by atoms with Crippen LogP contribution >= 0.6 is 11.6 Å². The van der Waals surface area contributed by atoms with Gasteiger partial charge in [0.25, 0.3) is 0 Å². The Kier molecular flexibility index (Phi) is 5.93. The van der Waals surface area contributed by atoms with Gasteiger partial charge in [-0.1, -0.05) is 29.8 Å². The molecular weight excluding hydrogens is 450 g/mol. The number of aromatic amines is 1. The highest BCUT2D eigenvalue weighted by Crippen LogP contribution is 2.39. The first-order valence-electron chi connectivity index (χ1n) is 11.2. The van der Waals surface area contributed by atoms with Crippen LogP contribution in [0.4, 0.5) is 23.0 Å². The number of hydrogen-bond acceptors (Lipinski definition) is 7. The van der Waals surface area contributed by atoms with E-state index in [9.17, 15) is 0 Å². The van der Waals surface area contributed by atoms with Crippen molar-refractivity contribution in [3.8, 4) is 17.0 Å². The van der Waals surface area contributed by atoms with E-state index in [1.807, 2.05) is 42.6 Å². The van der Waals surface area contributed by atoms with Crippen molar-refractivity contribution in [1.82, 2.24) is 19.9 Å². The fraction of sp³-hybridized carbons (Fsp3) is 0.280. The van der Waals surface area contributed by atoms with Crippen molar-refractivity contribution in [2.24, 2.45) is 0 Å². The molecule has 8 nitrogen and oxygen atoms in total. The second-order valence-electron chi connectivity index (χ2n) is 8.73. The first kappa shape index (κ1) is 22.3. The lowest BCUT2D eigenvalue weighted by Crippen LogP contribution is -2.31. The smallest absolute Gasteiger partial charge is 0.227 e. The van der Waals surface area contributed by atoms with Crippen LogP contribution in [-0.2, 0) is 0 Å². The predicted octanol–water partition coefficient (Wildman–Crippen LogP) is 4.75. The molecule has 0 amide bonds. The number of methoxy groups -OCH3 is 1. The molecular formula is C25H28ClN7O. The summed E-state index contributed by atoms with van der Waals surface area (Å²) in [6.45, 7) is 1.89. The zero-order chi connectivity index (χ0) is 23.8. The van der Waals surface area contributed by atoms with Crippen LogP contribution in [0.3, 0.4) is 0 Å². The zero-order valence-corrected chi connectivity index (χ0v) is 20.2. The van der Waals surface area contributed by atoms with E-state index in [0.29, 0.717) is 39.8 Å². The third-order valence-electron chi connectivity index (χ3n) is 6.42. The molecule has 4 N–H and O–H groups in total. The van der Waals surface area contributed by atoms with E-state index in [1.165, 1.54) is 0 Å². The number of nitrogens with zero attached hydrogens (tertiary/aromatic N) is 4. The Morgan fingerprint density at radius 2 is 2.09 bits per heavy atom. The summed E-state index contributed by atoms with van der Waals surface area (Å²) in [5, 5.41) is 4.78. The minimum Gasteiger partial charge on any atom is -0.494 e. The predicted molar refractivity (Wildman–Crippen MR) is 139 cm³/mol. The Morgan fingerprint density at radius 3 is 2.85 bits per heavy atom. The Bertz CT molecular complexity index is 1340. The van der Waals surface area contributed by atoms with Gasteiger partial charge >= 0.3 is 0 Å². The number of rotatable bonds is 6. The van der Waals surface area contributed by atoms with Gasteiger partial charge in [0.2, 0.25) is 5.95 Å². The molecule has 0 bridgehead atoms. The lowest BCUT2D eigenvalue weighted by molar-refractivity contribution is 0.315. The number of halogens is 1. The Morgan fingerprint density at radius 1 is 1.26 bits per heavy atom. The molecule has 1 aliphatic heterocycles. The third-order valence-corrected chi connectivity index (χ3v) is 6.69. The average Bonchev–Trinajstić information content (AvgIpc) is 3.48. The summed E-state index contributed by atoms with van der Waals surface area (Å²) in [6.07, 6.45) is 4.61. The van der Waals surface area contributed by atoms with Crippen molar-refractivity contribution >= 4 is 45.5 Å². The maximum atomic E-state index is 6.48. The largest absolute Gasteiger partial charge is 0.494 e. The van der Waals surface area contributed by atoms with Crippen LogP contribution in [-0.4, -0.2) is 60.2 Å². The molecule has 4 aromatic rings. The molecule has 1 aliphatic rings. The molecule has 0 unspecified atom stereocenters. The lowest BCUT2D eigenvalue weighted by atomic mass is 10.1. The molecule has 9 heteroatoms. The Hall–Kier alpha value is -3.49. The second-order valence-corrected chi connectivity index (χ2v) is 9.13. The van der Waals surface area contributed by atoms with Crippen LogP contribution in [0.2, 0.25) is 5.02 Å². The van der Waals surface area contributed by atoms with E-state index >= 15 is 0 Å². The molecule has 2 aromatic heterocycles. The van der Waals surface area contributed by atoms with Crippen molar-refractivity contribution in [3.05, 3.63) is 53.8 Å². The zero-order valence-electron chi connectivity index (χ0n) is 19.5. The number of anilines is 4. The molecule has 0 saturated carbocycles. The van der Waals surface area contributed by atoms with Crippen LogP contribution in [0.15, 0.2) is 48.8 Å². The average molecular weight is 478 g/mol. The SMILES string of the molecule is COc1cc(N2CC[C@@H](N(C)C)C2)c(N)cc1Nc1ncc(Cl)c(-c2c[nH]c3ccccc23)n1. The number of para-hydroxylation sites is 1. The van der Waals surface area contributed by atoms with Gasteiger partial charge in [-0.05, 0) is 32.6 Å². The summed E-state index contributed by atoms with van der Waals surface area (Å²) in [5.41, 5.74) is 11.4. The first-order chi connectivity index (χ1) is 16.4. The highest BCUT2D eigenvalue weighted by Gasteiger charge is 2.26. The van der Waals surface area contributed by atoms with Gasteiger partial charge in [0, 0.05) is 47.9 Å². The quantitative estimate of drug-likeness (QED) is 0.345. The van der Waals surface area contributed by atoms with E-state index in [0.717, 1.165) is 41.7 Å². The third kappa shape index (κ3) is 4.10. The monoisotopic (exact) mass is 477 g/mol. The minimum atomic E-state index is 0.406. The number of aromatic nitrogens is 3.